The molecule has 6 nitrogen and oxygen atoms in total. The van der Waals surface area contributed by atoms with Crippen molar-refractivity contribution in [2.45, 2.75) is 32.4 Å². The van der Waals surface area contributed by atoms with Crippen molar-refractivity contribution in [3.8, 4) is 0 Å². The summed E-state index contributed by atoms with van der Waals surface area (Å²) in [5.41, 5.74) is 2.89. The van der Waals surface area contributed by atoms with Crippen LogP contribution < -0.4 is 0 Å². The van der Waals surface area contributed by atoms with Crippen LogP contribution in [0, 0.1) is 6.92 Å². The summed E-state index contributed by atoms with van der Waals surface area (Å²) < 4.78 is 5.39. The Balaban J connectivity index is 1.71. The van der Waals surface area contributed by atoms with Crippen LogP contribution in [-0.2, 0) is 16.1 Å². The third-order valence-corrected chi connectivity index (χ3v) is 5.97. The predicted octanol–water partition coefficient (Wildman–Crippen LogP) is 2.89. The van der Waals surface area contributed by atoms with Gasteiger partial charge in [-0.25, -0.2) is 0 Å². The summed E-state index contributed by atoms with van der Waals surface area (Å²) in [5, 5.41) is 0. The van der Waals surface area contributed by atoms with Gasteiger partial charge in [-0.3, -0.25) is 14.5 Å². The van der Waals surface area contributed by atoms with Gasteiger partial charge in [0.15, 0.2) is 0 Å². The van der Waals surface area contributed by atoms with Crippen LogP contribution in [0.1, 0.15) is 29.7 Å². The van der Waals surface area contributed by atoms with E-state index >= 15 is 0 Å². The van der Waals surface area contributed by atoms with E-state index in [2.05, 4.69) is 11.9 Å². The highest BCUT2D eigenvalue weighted by atomic mass is 16.3. The molecule has 2 aromatic rings. The molecule has 29 heavy (non-hydrogen) atoms. The second-order valence-electron chi connectivity index (χ2n) is 8.01. The highest BCUT2D eigenvalue weighted by molar-refractivity contribution is 6.35. The first-order valence-corrected chi connectivity index (χ1v) is 10.1. The SMILES string of the molecule is Cc1ccc(C2=C(N(C)C3CCN(C)CC3)C(=O)N(Cc3ccco3)C2=O)cc1. The van der Waals surface area contributed by atoms with E-state index < -0.39 is 0 Å². The van der Waals surface area contributed by atoms with Gasteiger partial charge in [0.1, 0.15) is 11.5 Å². The molecular weight excluding hydrogens is 366 g/mol. The molecule has 1 saturated heterocycles. The number of likely N-dealkylation sites (tertiary alicyclic amines) is 1. The monoisotopic (exact) mass is 393 g/mol. The van der Waals surface area contributed by atoms with E-state index in [0.717, 1.165) is 37.1 Å². The highest BCUT2D eigenvalue weighted by Gasteiger charge is 2.42. The van der Waals surface area contributed by atoms with Crippen LogP contribution in [0.15, 0.2) is 52.8 Å². The van der Waals surface area contributed by atoms with Crippen LogP contribution in [-0.4, -0.2) is 59.7 Å². The summed E-state index contributed by atoms with van der Waals surface area (Å²) >= 11 is 0. The van der Waals surface area contributed by atoms with Crippen LogP contribution in [0.3, 0.4) is 0 Å². The molecule has 0 bridgehead atoms. The number of hydrogen-bond donors (Lipinski definition) is 0. The zero-order valence-electron chi connectivity index (χ0n) is 17.2. The lowest BCUT2D eigenvalue weighted by Crippen LogP contribution is -2.43. The van der Waals surface area contributed by atoms with Gasteiger partial charge >= 0.3 is 0 Å². The van der Waals surface area contributed by atoms with Crippen molar-refractivity contribution in [2.75, 3.05) is 27.2 Å². The van der Waals surface area contributed by atoms with Gasteiger partial charge in [-0.2, -0.15) is 0 Å². The molecule has 0 spiro atoms. The largest absolute Gasteiger partial charge is 0.467 e. The fourth-order valence-electron chi connectivity index (χ4n) is 4.14. The molecule has 2 aliphatic rings. The number of hydrogen-bond acceptors (Lipinski definition) is 5. The van der Waals surface area contributed by atoms with Gasteiger partial charge in [-0.15, -0.1) is 0 Å². The zero-order valence-corrected chi connectivity index (χ0v) is 17.2. The molecule has 1 aromatic carbocycles. The van der Waals surface area contributed by atoms with Gasteiger partial charge in [-0.05, 0) is 57.6 Å². The van der Waals surface area contributed by atoms with Gasteiger partial charge in [0.05, 0.1) is 18.4 Å². The Kier molecular flexibility index (Phi) is 5.28. The van der Waals surface area contributed by atoms with E-state index in [1.807, 2.05) is 43.1 Å². The second-order valence-corrected chi connectivity index (χ2v) is 8.01. The zero-order chi connectivity index (χ0) is 20.5. The summed E-state index contributed by atoms with van der Waals surface area (Å²) in [7, 11) is 4.06. The predicted molar refractivity (Wildman–Crippen MR) is 111 cm³/mol. The summed E-state index contributed by atoms with van der Waals surface area (Å²) in [6.07, 6.45) is 3.49. The number of imide groups is 1. The lowest BCUT2D eigenvalue weighted by atomic mass is 9.99. The van der Waals surface area contributed by atoms with E-state index in [4.69, 9.17) is 4.42 Å². The number of amides is 2. The summed E-state index contributed by atoms with van der Waals surface area (Å²) in [4.78, 5) is 32.4. The van der Waals surface area contributed by atoms with E-state index in [1.54, 1.807) is 18.4 Å². The minimum Gasteiger partial charge on any atom is -0.467 e. The minimum absolute atomic E-state index is 0.144. The Morgan fingerprint density at radius 1 is 1.07 bits per heavy atom. The molecule has 152 valence electrons. The molecule has 0 N–H and O–H groups in total. The quantitative estimate of drug-likeness (QED) is 0.731. The lowest BCUT2D eigenvalue weighted by molar-refractivity contribution is -0.138. The minimum atomic E-state index is -0.259. The molecule has 2 amide bonds. The van der Waals surface area contributed by atoms with E-state index in [0.29, 0.717) is 17.0 Å². The van der Waals surface area contributed by atoms with Crippen molar-refractivity contribution in [1.29, 1.82) is 0 Å². The first-order chi connectivity index (χ1) is 14.0. The molecule has 2 aliphatic heterocycles. The molecule has 0 saturated carbocycles. The highest BCUT2D eigenvalue weighted by Crippen LogP contribution is 2.34. The van der Waals surface area contributed by atoms with Crippen molar-refractivity contribution < 1.29 is 14.0 Å². The molecule has 0 radical (unpaired) electrons. The first-order valence-electron chi connectivity index (χ1n) is 10.1. The van der Waals surface area contributed by atoms with Gasteiger partial charge in [-0.1, -0.05) is 29.8 Å². The molecule has 0 aliphatic carbocycles. The van der Waals surface area contributed by atoms with Crippen LogP contribution in [0.5, 0.6) is 0 Å². The number of rotatable bonds is 5. The van der Waals surface area contributed by atoms with Crippen LogP contribution in [0.4, 0.5) is 0 Å². The van der Waals surface area contributed by atoms with Gasteiger partial charge in [0, 0.05) is 13.1 Å². The Morgan fingerprint density at radius 3 is 2.38 bits per heavy atom. The van der Waals surface area contributed by atoms with Gasteiger partial charge in [0.25, 0.3) is 11.8 Å². The third-order valence-electron chi connectivity index (χ3n) is 5.97. The first kappa shape index (κ1) is 19.5. The average Bonchev–Trinajstić information content (AvgIpc) is 3.31. The second kappa shape index (κ2) is 7.87. The number of piperidine rings is 1. The molecular formula is C23H27N3O3. The maximum atomic E-state index is 13.4. The number of furan rings is 1. The fourth-order valence-corrected chi connectivity index (χ4v) is 4.14. The topological polar surface area (TPSA) is 57.0 Å². The Bertz CT molecular complexity index is 923. The Labute approximate surface area is 171 Å². The summed E-state index contributed by atoms with van der Waals surface area (Å²) in [6, 6.07) is 11.6. The van der Waals surface area contributed by atoms with Crippen molar-refractivity contribution in [3.05, 3.63) is 65.2 Å². The molecule has 6 heteroatoms. The average molecular weight is 393 g/mol. The number of carbonyl (C=O) groups is 2. The Hall–Kier alpha value is -2.86. The number of benzene rings is 1. The van der Waals surface area contributed by atoms with Crippen LogP contribution in [0.25, 0.3) is 5.57 Å². The molecule has 4 rings (SSSR count). The van der Waals surface area contributed by atoms with Crippen molar-refractivity contribution in [3.63, 3.8) is 0 Å². The van der Waals surface area contributed by atoms with Crippen molar-refractivity contribution >= 4 is 17.4 Å². The number of nitrogens with zero attached hydrogens (tertiary/aromatic N) is 3. The van der Waals surface area contributed by atoms with E-state index in [-0.39, 0.29) is 24.4 Å². The van der Waals surface area contributed by atoms with Gasteiger partial charge < -0.3 is 14.2 Å². The summed E-state index contributed by atoms with van der Waals surface area (Å²) in [5.74, 6) is 0.0894. The van der Waals surface area contributed by atoms with Crippen molar-refractivity contribution in [1.82, 2.24) is 14.7 Å². The molecule has 0 atom stereocenters. The van der Waals surface area contributed by atoms with Crippen LogP contribution >= 0.6 is 0 Å². The fraction of sp³-hybridized carbons (Fsp3) is 0.391. The number of carbonyl (C=O) groups excluding carboxylic acids is 2. The van der Waals surface area contributed by atoms with Crippen molar-refractivity contribution in [2.24, 2.45) is 0 Å². The van der Waals surface area contributed by atoms with Gasteiger partial charge in [0.2, 0.25) is 0 Å². The maximum absolute atomic E-state index is 13.4. The number of aryl methyl sites for hydroxylation is 1. The smallest absolute Gasteiger partial charge is 0.278 e. The molecule has 1 aromatic heterocycles. The number of likely N-dealkylation sites (N-methyl/N-ethyl adjacent to an activating group) is 1. The molecule has 3 heterocycles. The lowest BCUT2D eigenvalue weighted by Gasteiger charge is -2.36. The normalized spacial score (nSPS) is 18.8. The van der Waals surface area contributed by atoms with E-state index in [9.17, 15) is 9.59 Å². The van der Waals surface area contributed by atoms with Crippen LogP contribution in [0.2, 0.25) is 0 Å². The third kappa shape index (κ3) is 3.72. The summed E-state index contributed by atoms with van der Waals surface area (Å²) in [6.45, 7) is 4.13. The maximum Gasteiger partial charge on any atom is 0.278 e. The molecule has 1 fully saturated rings. The van der Waals surface area contributed by atoms with E-state index in [1.165, 1.54) is 4.90 Å². The standard InChI is InChI=1S/C23H27N3O3/c1-16-6-8-17(9-7-16)20-21(25(3)18-10-12-24(2)13-11-18)23(28)26(22(20)27)15-19-5-4-14-29-19/h4-9,14,18H,10-13,15H2,1-3H3. The molecule has 0 unspecified atom stereocenters. The Morgan fingerprint density at radius 2 is 1.76 bits per heavy atom.